The molecule has 28 heavy (non-hydrogen) atoms. The number of pyridine rings is 1. The number of nitrogens with zero attached hydrogens (tertiary/aromatic N) is 2. The lowest BCUT2D eigenvalue weighted by molar-refractivity contribution is 0.0760. The molecule has 7 nitrogen and oxygen atoms in total. The van der Waals surface area contributed by atoms with Crippen molar-refractivity contribution in [2.45, 2.75) is 25.7 Å². The van der Waals surface area contributed by atoms with Gasteiger partial charge in [0, 0.05) is 31.9 Å². The van der Waals surface area contributed by atoms with Crippen LogP contribution in [0.2, 0.25) is 0 Å². The van der Waals surface area contributed by atoms with Gasteiger partial charge in [0.2, 0.25) is 0 Å². The molecular formula is C21H25N3O4. The van der Waals surface area contributed by atoms with Gasteiger partial charge in [0.25, 0.3) is 17.4 Å². The normalized spacial score (nSPS) is 14.3. The molecule has 0 atom stereocenters. The zero-order valence-electron chi connectivity index (χ0n) is 16.2. The molecule has 1 aliphatic rings. The van der Waals surface area contributed by atoms with Crippen molar-refractivity contribution in [2.75, 3.05) is 25.5 Å². The molecule has 7 heteroatoms. The second-order valence-electron chi connectivity index (χ2n) is 6.95. The molecule has 1 fully saturated rings. The van der Waals surface area contributed by atoms with Crippen LogP contribution < -0.4 is 15.6 Å². The van der Waals surface area contributed by atoms with Gasteiger partial charge in [0.05, 0.1) is 12.7 Å². The summed E-state index contributed by atoms with van der Waals surface area (Å²) in [5.41, 5.74) is 0.513. The Kier molecular flexibility index (Phi) is 6.13. The topological polar surface area (TPSA) is 80.6 Å². The van der Waals surface area contributed by atoms with Crippen LogP contribution >= 0.6 is 0 Å². The number of rotatable bonds is 4. The highest BCUT2D eigenvalue weighted by molar-refractivity contribution is 6.05. The maximum Gasteiger partial charge on any atom is 0.274 e. The summed E-state index contributed by atoms with van der Waals surface area (Å²) >= 11 is 0. The lowest BCUT2D eigenvalue weighted by Crippen LogP contribution is -2.33. The second kappa shape index (κ2) is 8.73. The second-order valence-corrected chi connectivity index (χ2v) is 6.95. The molecule has 2 aromatic rings. The van der Waals surface area contributed by atoms with E-state index >= 15 is 0 Å². The fourth-order valence-corrected chi connectivity index (χ4v) is 3.31. The molecule has 1 N–H and O–H groups in total. The quantitative estimate of drug-likeness (QED) is 0.880. The van der Waals surface area contributed by atoms with Gasteiger partial charge in [-0.15, -0.1) is 0 Å². The minimum Gasteiger partial charge on any atom is -0.497 e. The van der Waals surface area contributed by atoms with Crippen LogP contribution in [0.1, 0.15) is 46.4 Å². The van der Waals surface area contributed by atoms with Crippen LogP contribution in [0.25, 0.3) is 0 Å². The molecule has 2 heterocycles. The molecule has 3 rings (SSSR count). The number of hydrogen-bond acceptors (Lipinski definition) is 4. The zero-order chi connectivity index (χ0) is 20.1. The van der Waals surface area contributed by atoms with E-state index in [1.54, 1.807) is 38.4 Å². The van der Waals surface area contributed by atoms with Crippen LogP contribution in [-0.2, 0) is 7.05 Å². The molecule has 0 spiro atoms. The van der Waals surface area contributed by atoms with Gasteiger partial charge in [0.15, 0.2) is 0 Å². The largest absolute Gasteiger partial charge is 0.497 e. The number of carbonyl (C=O) groups is 2. The predicted molar refractivity (Wildman–Crippen MR) is 107 cm³/mol. The van der Waals surface area contributed by atoms with E-state index in [1.165, 1.54) is 16.8 Å². The van der Waals surface area contributed by atoms with E-state index in [9.17, 15) is 14.4 Å². The summed E-state index contributed by atoms with van der Waals surface area (Å²) < 4.78 is 6.41. The Balaban J connectivity index is 1.83. The van der Waals surface area contributed by atoms with Gasteiger partial charge in [-0.1, -0.05) is 12.8 Å². The molecule has 1 saturated heterocycles. The summed E-state index contributed by atoms with van der Waals surface area (Å²) in [5, 5.41) is 2.63. The van der Waals surface area contributed by atoms with E-state index in [2.05, 4.69) is 5.32 Å². The summed E-state index contributed by atoms with van der Waals surface area (Å²) in [6.07, 6.45) is 5.75. The molecule has 0 bridgehead atoms. The third-order valence-corrected chi connectivity index (χ3v) is 4.92. The van der Waals surface area contributed by atoms with Crippen molar-refractivity contribution < 1.29 is 14.3 Å². The first kappa shape index (κ1) is 19.7. The molecule has 1 aromatic carbocycles. The average molecular weight is 383 g/mol. The smallest absolute Gasteiger partial charge is 0.274 e. The van der Waals surface area contributed by atoms with Crippen LogP contribution in [0.4, 0.5) is 5.69 Å². The highest BCUT2D eigenvalue weighted by Gasteiger charge is 2.20. The van der Waals surface area contributed by atoms with Crippen LogP contribution in [0.5, 0.6) is 5.75 Å². The van der Waals surface area contributed by atoms with E-state index < -0.39 is 5.91 Å². The lowest BCUT2D eigenvalue weighted by Gasteiger charge is -2.21. The van der Waals surface area contributed by atoms with Crippen LogP contribution in [0, 0.1) is 0 Å². The number of hydrogen-bond donors (Lipinski definition) is 1. The Morgan fingerprint density at radius 3 is 2.25 bits per heavy atom. The number of methoxy groups -OCH3 is 1. The fourth-order valence-electron chi connectivity index (χ4n) is 3.31. The first-order valence-electron chi connectivity index (χ1n) is 9.45. The van der Waals surface area contributed by atoms with Gasteiger partial charge in [-0.25, -0.2) is 0 Å². The number of aromatic nitrogens is 1. The van der Waals surface area contributed by atoms with E-state index in [-0.39, 0.29) is 17.2 Å². The SMILES string of the molecule is COc1ccc(C(=O)Nc2cc(C(=O)N3CCCCCC3)cn(C)c2=O)cc1. The number of carbonyl (C=O) groups excluding carboxylic acids is 2. The number of likely N-dealkylation sites (tertiary alicyclic amines) is 1. The Labute approximate surface area is 163 Å². The van der Waals surface area contributed by atoms with Crippen molar-refractivity contribution in [3.05, 3.63) is 58.0 Å². The number of aryl methyl sites for hydroxylation is 1. The third kappa shape index (κ3) is 4.42. The molecule has 0 radical (unpaired) electrons. The lowest BCUT2D eigenvalue weighted by atomic mass is 10.2. The number of amides is 2. The van der Waals surface area contributed by atoms with Crippen LogP contribution in [0.15, 0.2) is 41.3 Å². The molecule has 1 aromatic heterocycles. The van der Waals surface area contributed by atoms with E-state index in [1.807, 2.05) is 4.90 Å². The van der Waals surface area contributed by atoms with Gasteiger partial charge in [-0.05, 0) is 43.2 Å². The van der Waals surface area contributed by atoms with Gasteiger partial charge in [-0.3, -0.25) is 14.4 Å². The van der Waals surface area contributed by atoms with Crippen molar-refractivity contribution >= 4 is 17.5 Å². The van der Waals surface area contributed by atoms with Gasteiger partial charge in [-0.2, -0.15) is 0 Å². The molecule has 1 aliphatic heterocycles. The van der Waals surface area contributed by atoms with Crippen LogP contribution in [-0.4, -0.2) is 41.5 Å². The first-order chi connectivity index (χ1) is 13.5. The highest BCUT2D eigenvalue weighted by Crippen LogP contribution is 2.16. The number of ether oxygens (including phenoxy) is 1. The third-order valence-electron chi connectivity index (χ3n) is 4.92. The minimum absolute atomic E-state index is 0.0870. The number of benzene rings is 1. The summed E-state index contributed by atoms with van der Waals surface area (Å²) in [6.45, 7) is 1.43. The summed E-state index contributed by atoms with van der Waals surface area (Å²) in [4.78, 5) is 39.7. The minimum atomic E-state index is -0.417. The summed E-state index contributed by atoms with van der Waals surface area (Å²) in [7, 11) is 3.12. The van der Waals surface area contributed by atoms with E-state index in [0.29, 0.717) is 16.9 Å². The highest BCUT2D eigenvalue weighted by atomic mass is 16.5. The molecule has 0 saturated carbocycles. The molecule has 148 valence electrons. The summed E-state index contributed by atoms with van der Waals surface area (Å²) in [5.74, 6) is 0.106. The first-order valence-corrected chi connectivity index (χ1v) is 9.45. The fraction of sp³-hybridized carbons (Fsp3) is 0.381. The number of nitrogens with one attached hydrogen (secondary N) is 1. The van der Waals surface area contributed by atoms with Crippen LogP contribution in [0.3, 0.4) is 0 Å². The van der Waals surface area contributed by atoms with E-state index in [4.69, 9.17) is 4.74 Å². The van der Waals surface area contributed by atoms with Gasteiger partial charge >= 0.3 is 0 Å². The maximum atomic E-state index is 12.9. The zero-order valence-corrected chi connectivity index (χ0v) is 16.2. The Morgan fingerprint density at radius 1 is 1.00 bits per heavy atom. The van der Waals surface area contributed by atoms with Gasteiger partial charge < -0.3 is 19.5 Å². The monoisotopic (exact) mass is 383 g/mol. The predicted octanol–water partition coefficient (Wildman–Crippen LogP) is 2.66. The maximum absolute atomic E-state index is 12.9. The van der Waals surface area contributed by atoms with Crippen molar-refractivity contribution in [1.29, 1.82) is 0 Å². The van der Waals surface area contributed by atoms with E-state index in [0.717, 1.165) is 38.8 Å². The number of anilines is 1. The summed E-state index contributed by atoms with van der Waals surface area (Å²) in [6, 6.07) is 8.05. The molecule has 2 amide bonds. The molecule has 0 aliphatic carbocycles. The van der Waals surface area contributed by atoms with Gasteiger partial charge in [0.1, 0.15) is 11.4 Å². The van der Waals surface area contributed by atoms with Crippen molar-refractivity contribution in [1.82, 2.24) is 9.47 Å². The van der Waals surface area contributed by atoms with Crippen molar-refractivity contribution in [3.63, 3.8) is 0 Å². The van der Waals surface area contributed by atoms with Crippen molar-refractivity contribution in [2.24, 2.45) is 7.05 Å². The molecular weight excluding hydrogens is 358 g/mol. The Bertz CT molecular complexity index is 910. The Hall–Kier alpha value is -3.09. The average Bonchev–Trinajstić information content (AvgIpc) is 3.00. The Morgan fingerprint density at radius 2 is 1.64 bits per heavy atom. The molecule has 0 unspecified atom stereocenters. The van der Waals surface area contributed by atoms with Crippen molar-refractivity contribution in [3.8, 4) is 5.75 Å². The standard InChI is InChI=1S/C21H25N3O4/c1-23-14-16(20(26)24-11-5-3-4-6-12-24)13-18(21(23)27)22-19(25)15-7-9-17(28-2)10-8-15/h7-10,13-14H,3-6,11-12H2,1-2H3,(H,22,25).